The zero-order valence-corrected chi connectivity index (χ0v) is 12.8. The summed E-state index contributed by atoms with van der Waals surface area (Å²) in [5, 5.41) is 20.6. The molecule has 3 heterocycles. The van der Waals surface area contributed by atoms with E-state index >= 15 is 0 Å². The van der Waals surface area contributed by atoms with Crippen molar-refractivity contribution in [2.24, 2.45) is 7.05 Å². The quantitative estimate of drug-likeness (QED) is 0.780. The molecule has 1 N–H and O–H groups in total. The number of nitrogens with one attached hydrogen (secondary N) is 1. The van der Waals surface area contributed by atoms with Gasteiger partial charge in [0.05, 0.1) is 11.9 Å². The highest BCUT2D eigenvalue weighted by atomic mass is 32.1. The molecule has 0 aliphatic carbocycles. The minimum absolute atomic E-state index is 0.122. The van der Waals surface area contributed by atoms with Crippen LogP contribution in [0.5, 0.6) is 0 Å². The predicted molar refractivity (Wildman–Crippen MR) is 79.2 cm³/mol. The zero-order chi connectivity index (χ0) is 15.0. The molecule has 0 saturated carbocycles. The van der Waals surface area contributed by atoms with Gasteiger partial charge in [-0.3, -0.25) is 19.5 Å². The van der Waals surface area contributed by atoms with Crippen molar-refractivity contribution in [3.05, 3.63) is 16.9 Å². The molecule has 1 amide bonds. The molecular weight excluding hydrogens is 290 g/mol. The smallest absolute Gasteiger partial charge is 0.247 e. The number of fused-ring (bicyclic) bond motifs is 1. The van der Waals surface area contributed by atoms with Crippen LogP contribution in [0.2, 0.25) is 0 Å². The maximum Gasteiger partial charge on any atom is 0.247 e. The Kier molecular flexibility index (Phi) is 3.42. The summed E-state index contributed by atoms with van der Waals surface area (Å²) >= 11 is 1.38. The fourth-order valence-electron chi connectivity index (χ4n) is 2.17. The number of carbonyl (C=O) groups excluding carboxylic acids is 1. The van der Waals surface area contributed by atoms with Crippen molar-refractivity contribution in [1.82, 2.24) is 29.8 Å². The van der Waals surface area contributed by atoms with E-state index < -0.39 is 0 Å². The molecule has 3 aromatic heterocycles. The lowest BCUT2D eigenvalue weighted by molar-refractivity contribution is -0.116. The van der Waals surface area contributed by atoms with E-state index in [4.69, 9.17) is 0 Å². The summed E-state index contributed by atoms with van der Waals surface area (Å²) in [7, 11) is 1.86. The molecule has 0 aromatic carbocycles. The van der Waals surface area contributed by atoms with E-state index in [1.165, 1.54) is 11.3 Å². The van der Waals surface area contributed by atoms with Gasteiger partial charge in [-0.2, -0.15) is 10.2 Å². The minimum atomic E-state index is -0.179. The highest BCUT2D eigenvalue weighted by Gasteiger charge is 2.14. The van der Waals surface area contributed by atoms with E-state index in [9.17, 15) is 4.79 Å². The number of amides is 1. The molecule has 21 heavy (non-hydrogen) atoms. The lowest BCUT2D eigenvalue weighted by Crippen LogP contribution is -2.19. The molecule has 3 aromatic rings. The lowest BCUT2D eigenvalue weighted by atomic mass is 10.4. The van der Waals surface area contributed by atoms with Gasteiger partial charge < -0.3 is 0 Å². The van der Waals surface area contributed by atoms with Gasteiger partial charge in [-0.15, -0.1) is 10.2 Å². The number of carbonyl (C=O) groups is 1. The number of aromatic nitrogens is 6. The first-order valence-corrected chi connectivity index (χ1v) is 7.37. The average Bonchev–Trinajstić information content (AvgIpc) is 3.10. The first-order chi connectivity index (χ1) is 10.1. The number of rotatable bonds is 4. The van der Waals surface area contributed by atoms with Gasteiger partial charge >= 0.3 is 0 Å². The van der Waals surface area contributed by atoms with Crippen molar-refractivity contribution >= 4 is 33.4 Å². The summed E-state index contributed by atoms with van der Waals surface area (Å²) < 4.78 is 3.40. The van der Waals surface area contributed by atoms with Gasteiger partial charge in [0.25, 0.3) is 0 Å². The highest BCUT2D eigenvalue weighted by molar-refractivity contribution is 7.15. The van der Waals surface area contributed by atoms with E-state index in [1.54, 1.807) is 15.6 Å². The fraction of sp³-hybridized carbons (Fsp3) is 0.417. The molecule has 0 unspecified atom stereocenters. The Morgan fingerprint density at radius 3 is 2.95 bits per heavy atom. The molecule has 0 spiro atoms. The number of hydrogen-bond donors (Lipinski definition) is 1. The van der Waals surface area contributed by atoms with E-state index in [0.29, 0.717) is 5.13 Å². The van der Waals surface area contributed by atoms with E-state index in [2.05, 4.69) is 25.7 Å². The Bertz CT molecular complexity index is 800. The Morgan fingerprint density at radius 2 is 2.24 bits per heavy atom. The zero-order valence-electron chi connectivity index (χ0n) is 12.0. The highest BCUT2D eigenvalue weighted by Crippen LogP contribution is 2.18. The average molecular weight is 305 g/mol. The van der Waals surface area contributed by atoms with Crippen LogP contribution in [0, 0.1) is 6.92 Å². The SMILES string of the molecule is CCc1nnc(NC(=O)Cn2ncc3c2c(C)nn3C)s1. The fourth-order valence-corrected chi connectivity index (χ4v) is 2.87. The first kappa shape index (κ1) is 13.7. The normalized spacial score (nSPS) is 11.2. The van der Waals surface area contributed by atoms with E-state index in [0.717, 1.165) is 28.2 Å². The third-order valence-electron chi connectivity index (χ3n) is 3.12. The third-order valence-corrected chi connectivity index (χ3v) is 4.10. The molecule has 110 valence electrons. The van der Waals surface area contributed by atoms with Crippen LogP contribution in [-0.2, 0) is 24.8 Å². The molecule has 0 bridgehead atoms. The van der Waals surface area contributed by atoms with Gasteiger partial charge in [-0.05, 0) is 13.3 Å². The molecule has 0 saturated heterocycles. The number of hydrogen-bond acceptors (Lipinski definition) is 6. The summed E-state index contributed by atoms with van der Waals surface area (Å²) in [6.07, 6.45) is 2.52. The van der Waals surface area contributed by atoms with Crippen LogP contribution >= 0.6 is 11.3 Å². The Hall–Kier alpha value is -2.29. The molecule has 0 fully saturated rings. The van der Waals surface area contributed by atoms with Crippen LogP contribution < -0.4 is 5.32 Å². The van der Waals surface area contributed by atoms with Crippen LogP contribution in [0.3, 0.4) is 0 Å². The maximum absolute atomic E-state index is 12.1. The van der Waals surface area contributed by atoms with Crippen LogP contribution in [-0.4, -0.2) is 35.7 Å². The van der Waals surface area contributed by atoms with Crippen molar-refractivity contribution in [3.63, 3.8) is 0 Å². The number of nitrogens with zero attached hydrogens (tertiary/aromatic N) is 6. The van der Waals surface area contributed by atoms with E-state index in [1.807, 2.05) is 20.9 Å². The van der Waals surface area contributed by atoms with Crippen LogP contribution in [0.15, 0.2) is 6.20 Å². The van der Waals surface area contributed by atoms with Gasteiger partial charge in [-0.1, -0.05) is 18.3 Å². The third kappa shape index (κ3) is 2.51. The van der Waals surface area contributed by atoms with Gasteiger partial charge in [0.2, 0.25) is 11.0 Å². The maximum atomic E-state index is 12.1. The van der Waals surface area contributed by atoms with Crippen LogP contribution in [0.1, 0.15) is 17.6 Å². The molecule has 3 rings (SSSR count). The summed E-state index contributed by atoms with van der Waals surface area (Å²) in [5.74, 6) is -0.179. The van der Waals surface area contributed by atoms with Gasteiger partial charge in [-0.25, -0.2) is 0 Å². The van der Waals surface area contributed by atoms with Crippen LogP contribution in [0.25, 0.3) is 11.0 Å². The Morgan fingerprint density at radius 1 is 1.43 bits per heavy atom. The summed E-state index contributed by atoms with van der Waals surface area (Å²) in [4.78, 5) is 12.1. The Labute approximate surface area is 124 Å². The minimum Gasteiger partial charge on any atom is -0.299 e. The lowest BCUT2D eigenvalue weighted by Gasteiger charge is -2.02. The second-order valence-corrected chi connectivity index (χ2v) is 5.71. The molecular formula is C12H15N7OS. The van der Waals surface area contributed by atoms with Crippen molar-refractivity contribution in [2.45, 2.75) is 26.8 Å². The molecule has 0 aliphatic rings. The van der Waals surface area contributed by atoms with Crippen molar-refractivity contribution < 1.29 is 4.79 Å². The van der Waals surface area contributed by atoms with Gasteiger partial charge in [0.15, 0.2) is 0 Å². The monoisotopic (exact) mass is 305 g/mol. The standard InChI is InChI=1S/C12H15N7OS/c1-4-10-15-16-12(21-10)14-9(20)6-19-11-7(2)17-18(3)8(11)5-13-19/h5H,4,6H2,1-3H3,(H,14,16,20). The van der Waals surface area contributed by atoms with Gasteiger partial charge in [0.1, 0.15) is 22.6 Å². The number of anilines is 1. The summed E-state index contributed by atoms with van der Waals surface area (Å²) in [5.41, 5.74) is 2.63. The molecule has 0 radical (unpaired) electrons. The molecule has 8 nitrogen and oxygen atoms in total. The number of aryl methyl sites for hydroxylation is 3. The first-order valence-electron chi connectivity index (χ1n) is 6.55. The predicted octanol–water partition coefficient (Wildman–Crippen LogP) is 1.13. The summed E-state index contributed by atoms with van der Waals surface area (Å²) in [6.45, 7) is 4.02. The van der Waals surface area contributed by atoms with Crippen molar-refractivity contribution in [1.29, 1.82) is 0 Å². The molecule has 0 atom stereocenters. The van der Waals surface area contributed by atoms with Crippen molar-refractivity contribution in [3.8, 4) is 0 Å². The van der Waals surface area contributed by atoms with Crippen LogP contribution in [0.4, 0.5) is 5.13 Å². The molecule has 9 heteroatoms. The largest absolute Gasteiger partial charge is 0.299 e. The topological polar surface area (TPSA) is 90.5 Å². The van der Waals surface area contributed by atoms with Gasteiger partial charge in [0, 0.05) is 7.05 Å². The second-order valence-electron chi connectivity index (χ2n) is 4.65. The van der Waals surface area contributed by atoms with E-state index in [-0.39, 0.29) is 12.5 Å². The molecule has 0 aliphatic heterocycles. The Balaban J connectivity index is 1.77. The second kappa shape index (κ2) is 5.24. The summed E-state index contributed by atoms with van der Waals surface area (Å²) in [6, 6.07) is 0. The van der Waals surface area contributed by atoms with Crippen molar-refractivity contribution in [2.75, 3.05) is 5.32 Å².